The Kier molecular flexibility index (Phi) is 580. The largest absolute Gasteiger partial charge is 1.00 e. The molecule has 0 unspecified atom stereocenters. The van der Waals surface area contributed by atoms with Crippen LogP contribution in [-0.4, -0.2) is 52.9 Å². The van der Waals surface area contributed by atoms with Gasteiger partial charge in [-0.1, -0.05) is 0 Å². The monoisotopic (exact) mass is 328 g/mol. The fourth-order valence-electron chi connectivity index (χ4n) is 0. The molecule has 0 saturated heterocycles. The van der Waals surface area contributed by atoms with E-state index in [1.54, 1.807) is 0 Å². The molecule has 17 heavy (non-hydrogen) atoms. The minimum atomic E-state index is -5.61. The molecule has 0 radical (unpaired) electrons. The van der Waals surface area contributed by atoms with Crippen molar-refractivity contribution in [3.05, 3.63) is 0 Å². The van der Waals surface area contributed by atoms with E-state index in [0.717, 1.165) is 0 Å². The zero-order chi connectivity index (χ0) is 4.50. The fraction of sp³-hybridized carbons (Fsp3) is 0. The Labute approximate surface area is 187 Å². The van der Waals surface area contributed by atoms with E-state index in [4.69, 9.17) is 19.2 Å². The van der Waals surface area contributed by atoms with Crippen LogP contribution >= 0.6 is 0 Å². The quantitative estimate of drug-likeness (QED) is 0.390. The van der Waals surface area contributed by atoms with Gasteiger partial charge in [0.2, 0.25) is 0 Å². The zero-order valence-electron chi connectivity index (χ0n) is 10.1. The third-order valence-electron chi connectivity index (χ3n) is 0. The van der Waals surface area contributed by atoms with E-state index in [1.165, 1.54) is 0 Å². The Hall–Kier alpha value is 3.74. The second kappa shape index (κ2) is 73.1. The van der Waals surface area contributed by atoms with Gasteiger partial charge in [-0.05, 0) is 0 Å². The summed E-state index contributed by atoms with van der Waals surface area (Å²) in [5.41, 5.74) is 0. The minimum Gasteiger partial charge on any atom is -0.894 e. The van der Waals surface area contributed by atoms with E-state index in [0.29, 0.717) is 0 Å². The second-order valence-corrected chi connectivity index (χ2v) is 1.50. The van der Waals surface area contributed by atoms with Crippen LogP contribution in [0.2, 0.25) is 0 Å². The molecule has 0 aromatic heterocycles. The SMILES string of the molecule is O.O.O.O.O.O.O.O.[Na+].[Na+].[Na+].[Na+].[O-][Si]([O-])([O-])[O-]. The van der Waals surface area contributed by atoms with E-state index in [2.05, 4.69) is 0 Å². The average Bonchev–Trinajstić information content (AvgIpc) is 0.722. The summed E-state index contributed by atoms with van der Waals surface area (Å²) in [5, 5.41) is 0. The maximum Gasteiger partial charge on any atom is 1.00 e. The molecule has 0 aromatic rings. The molecule has 0 aliphatic rings. The summed E-state index contributed by atoms with van der Waals surface area (Å²) in [6.45, 7) is 0. The zero-order valence-corrected chi connectivity index (χ0v) is 19.1. The Morgan fingerprint density at radius 2 is 0.353 bits per heavy atom. The molecule has 0 aromatic carbocycles. The topological polar surface area (TPSA) is 344 Å². The summed E-state index contributed by atoms with van der Waals surface area (Å²) in [7, 11) is -5.61. The molecule has 0 saturated carbocycles. The van der Waals surface area contributed by atoms with Gasteiger partial charge < -0.3 is 72.0 Å². The molecule has 0 atom stereocenters. The van der Waals surface area contributed by atoms with Crippen molar-refractivity contribution >= 4 is 9.05 Å². The Bertz CT molecular complexity index is 34.0. The van der Waals surface area contributed by atoms with Gasteiger partial charge in [0.05, 0.1) is 0 Å². The van der Waals surface area contributed by atoms with Gasteiger partial charge in [-0.25, -0.2) is 0 Å². The van der Waals surface area contributed by atoms with Crippen molar-refractivity contribution in [3.63, 3.8) is 0 Å². The first kappa shape index (κ1) is 135. The van der Waals surface area contributed by atoms with Crippen LogP contribution < -0.4 is 137 Å². The van der Waals surface area contributed by atoms with Gasteiger partial charge in [0.25, 0.3) is 0 Å². The molecule has 96 valence electrons. The van der Waals surface area contributed by atoms with Crippen molar-refractivity contribution in [2.24, 2.45) is 0 Å². The number of hydrogen-bond donors (Lipinski definition) is 0. The van der Waals surface area contributed by atoms with Gasteiger partial charge >= 0.3 is 118 Å². The molecule has 0 rings (SSSR count). The maximum absolute atomic E-state index is 8.58. The van der Waals surface area contributed by atoms with E-state index in [9.17, 15) is 0 Å². The van der Waals surface area contributed by atoms with E-state index in [1.807, 2.05) is 0 Å². The summed E-state index contributed by atoms with van der Waals surface area (Å²) in [6, 6.07) is 0. The van der Waals surface area contributed by atoms with Crippen molar-refractivity contribution in [3.8, 4) is 0 Å². The third-order valence-corrected chi connectivity index (χ3v) is 0. The first-order valence-corrected chi connectivity index (χ1v) is 2.45. The van der Waals surface area contributed by atoms with Crippen LogP contribution in [0.1, 0.15) is 0 Å². The molecule has 17 heteroatoms. The molecule has 0 aliphatic carbocycles. The summed E-state index contributed by atoms with van der Waals surface area (Å²) < 4.78 is 0. The molecule has 0 bridgehead atoms. The van der Waals surface area contributed by atoms with Crippen LogP contribution in [0.3, 0.4) is 0 Å². The van der Waals surface area contributed by atoms with Crippen LogP contribution in [0.15, 0.2) is 0 Å². The van der Waals surface area contributed by atoms with Crippen molar-refractivity contribution in [1.29, 1.82) is 0 Å². The summed E-state index contributed by atoms with van der Waals surface area (Å²) in [4.78, 5) is 34.3. The first-order chi connectivity index (χ1) is 2.00. The van der Waals surface area contributed by atoms with E-state index < -0.39 is 9.05 Å². The van der Waals surface area contributed by atoms with Gasteiger partial charge in [-0.15, -0.1) is 0 Å². The van der Waals surface area contributed by atoms with Crippen LogP contribution in [0, 0.1) is 0 Å². The summed E-state index contributed by atoms with van der Waals surface area (Å²) in [6.07, 6.45) is 0. The van der Waals surface area contributed by atoms with Crippen LogP contribution in [-0.2, 0) is 0 Å². The minimum absolute atomic E-state index is 0. The molecule has 0 fully saturated rings. The summed E-state index contributed by atoms with van der Waals surface area (Å²) in [5.74, 6) is 0. The molecule has 12 nitrogen and oxygen atoms in total. The molecule has 0 amide bonds. The second-order valence-electron chi connectivity index (χ2n) is 0.500. The van der Waals surface area contributed by atoms with Crippen molar-refractivity contribution in [1.82, 2.24) is 0 Å². The van der Waals surface area contributed by atoms with Gasteiger partial charge in [-0.3, -0.25) is 0 Å². The van der Waals surface area contributed by atoms with E-state index in [-0.39, 0.29) is 162 Å². The van der Waals surface area contributed by atoms with Crippen LogP contribution in [0.4, 0.5) is 0 Å². The summed E-state index contributed by atoms with van der Waals surface area (Å²) >= 11 is 0. The van der Waals surface area contributed by atoms with E-state index >= 15 is 0 Å². The van der Waals surface area contributed by atoms with Crippen LogP contribution in [0.5, 0.6) is 0 Å². The molecule has 0 heterocycles. The van der Waals surface area contributed by atoms with Gasteiger partial charge in [-0.2, -0.15) is 0 Å². The normalized spacial score (nSPS) is 3.53. The molecular formula is H16Na4O12Si. The van der Waals surface area contributed by atoms with Crippen LogP contribution in [0.25, 0.3) is 0 Å². The van der Waals surface area contributed by atoms with Gasteiger partial charge in [0.1, 0.15) is 0 Å². The third kappa shape index (κ3) is 445. The number of rotatable bonds is 0. The average molecular weight is 328 g/mol. The van der Waals surface area contributed by atoms with Gasteiger partial charge in [0, 0.05) is 0 Å². The Morgan fingerprint density at radius 1 is 0.353 bits per heavy atom. The predicted molar refractivity (Wildman–Crippen MR) is 34.7 cm³/mol. The predicted octanol–water partition coefficient (Wildman–Crippen LogP) is -23.7. The van der Waals surface area contributed by atoms with Gasteiger partial charge in [0.15, 0.2) is 0 Å². The Morgan fingerprint density at radius 3 is 0.353 bits per heavy atom. The van der Waals surface area contributed by atoms with Crippen molar-refractivity contribution in [2.75, 3.05) is 0 Å². The first-order valence-electron chi connectivity index (χ1n) is 0.816. The molecule has 16 N–H and O–H groups in total. The fourth-order valence-corrected chi connectivity index (χ4v) is 0. The molecule has 0 aliphatic heterocycles. The Balaban J connectivity index is -0.00000000121. The van der Waals surface area contributed by atoms with Crippen molar-refractivity contribution in [2.45, 2.75) is 0 Å². The molecular weight excluding hydrogens is 312 g/mol. The number of hydrogen-bond acceptors (Lipinski definition) is 4. The standard InChI is InChI=1S/4Na.O4Si.8H2O/c;;;;1-5(2,3)4;;;;;;;;/h;;;;;8*1H2/q4*+1;-4;;;;;;;;. The molecule has 0 spiro atoms. The smallest absolute Gasteiger partial charge is 0.894 e. The van der Waals surface area contributed by atoms with Crippen molar-refractivity contribution < 1.29 is 181 Å². The maximum atomic E-state index is 8.58.